The third kappa shape index (κ3) is 2.57. The second-order valence-electron chi connectivity index (χ2n) is 4.79. The normalized spacial score (nSPS) is 29.5. The van der Waals surface area contributed by atoms with E-state index >= 15 is 0 Å². The first-order valence-corrected chi connectivity index (χ1v) is 5.62. The highest BCUT2D eigenvalue weighted by atomic mass is 16.5. The maximum Gasteiger partial charge on any atom is 0.164 e. The van der Waals surface area contributed by atoms with E-state index in [-0.39, 0.29) is 12.0 Å². The Morgan fingerprint density at radius 1 is 1.29 bits per heavy atom. The number of hydrogen-bond donors (Lipinski definition) is 0. The van der Waals surface area contributed by atoms with Gasteiger partial charge in [0.2, 0.25) is 0 Å². The van der Waals surface area contributed by atoms with Crippen LogP contribution >= 0.6 is 0 Å². The maximum atomic E-state index is 11.8. The minimum atomic E-state index is -0.217. The van der Waals surface area contributed by atoms with Gasteiger partial charge in [0.25, 0.3) is 0 Å². The van der Waals surface area contributed by atoms with Crippen LogP contribution in [0.2, 0.25) is 0 Å². The zero-order valence-electron chi connectivity index (χ0n) is 9.75. The van der Waals surface area contributed by atoms with E-state index < -0.39 is 0 Å². The molecule has 0 saturated heterocycles. The second-order valence-corrected chi connectivity index (χ2v) is 4.79. The molecule has 0 heterocycles. The lowest BCUT2D eigenvalue weighted by Gasteiger charge is -2.16. The summed E-state index contributed by atoms with van der Waals surface area (Å²) in [4.78, 5) is 11.8. The maximum absolute atomic E-state index is 11.8. The number of rotatable bonds is 4. The lowest BCUT2D eigenvalue weighted by atomic mass is 9.91. The minimum Gasteiger partial charge on any atom is -0.374 e. The van der Waals surface area contributed by atoms with Crippen LogP contribution in [0.3, 0.4) is 0 Å². The first-order valence-electron chi connectivity index (χ1n) is 5.62. The molecule has 82 valence electrons. The molecule has 0 N–H and O–H groups in total. The number of hydrogen-bond acceptors (Lipinski definition) is 2. The first kappa shape index (κ1) is 11.7. The van der Waals surface area contributed by atoms with E-state index in [2.05, 4.69) is 13.8 Å². The molecule has 2 heteroatoms. The van der Waals surface area contributed by atoms with Crippen LogP contribution in [0.5, 0.6) is 0 Å². The lowest BCUT2D eigenvalue weighted by molar-refractivity contribution is -0.131. The van der Waals surface area contributed by atoms with Crippen LogP contribution in [0, 0.1) is 17.8 Å². The molecule has 14 heavy (non-hydrogen) atoms. The van der Waals surface area contributed by atoms with Crippen molar-refractivity contribution in [3.63, 3.8) is 0 Å². The van der Waals surface area contributed by atoms with Gasteiger partial charge in [0.15, 0.2) is 5.78 Å². The predicted octanol–water partition coefficient (Wildman–Crippen LogP) is 2.66. The van der Waals surface area contributed by atoms with Gasteiger partial charge < -0.3 is 4.74 Å². The summed E-state index contributed by atoms with van der Waals surface area (Å²) in [6.45, 7) is 6.35. The van der Waals surface area contributed by atoms with Crippen molar-refractivity contribution in [3.05, 3.63) is 0 Å². The van der Waals surface area contributed by atoms with Gasteiger partial charge in [-0.25, -0.2) is 0 Å². The van der Waals surface area contributed by atoms with Crippen molar-refractivity contribution in [2.45, 2.75) is 46.1 Å². The second kappa shape index (κ2) is 4.92. The highest BCUT2D eigenvalue weighted by Gasteiger charge is 2.33. The van der Waals surface area contributed by atoms with Crippen molar-refractivity contribution < 1.29 is 9.53 Å². The fourth-order valence-corrected chi connectivity index (χ4v) is 2.33. The van der Waals surface area contributed by atoms with Crippen molar-refractivity contribution in [2.24, 2.45) is 17.8 Å². The average molecular weight is 198 g/mol. The van der Waals surface area contributed by atoms with Crippen molar-refractivity contribution in [2.75, 3.05) is 7.11 Å². The topological polar surface area (TPSA) is 26.3 Å². The Hall–Kier alpha value is -0.370. The van der Waals surface area contributed by atoms with Gasteiger partial charge in [0, 0.05) is 13.0 Å². The van der Waals surface area contributed by atoms with E-state index in [1.165, 1.54) is 6.42 Å². The first-order chi connectivity index (χ1) is 6.56. The summed E-state index contributed by atoms with van der Waals surface area (Å²) in [5.74, 6) is 2.02. The van der Waals surface area contributed by atoms with Crippen molar-refractivity contribution >= 4 is 5.78 Å². The number of Topliss-reactive ketones (excluding diaryl/α,β-unsaturated/α-hetero) is 1. The molecule has 2 nitrogen and oxygen atoms in total. The molecule has 3 atom stereocenters. The summed E-state index contributed by atoms with van der Waals surface area (Å²) in [5, 5.41) is 0. The number of carbonyl (C=O) groups is 1. The molecular formula is C12H22O2. The Balaban J connectivity index is 2.45. The predicted molar refractivity (Wildman–Crippen MR) is 57.1 cm³/mol. The van der Waals surface area contributed by atoms with Crippen LogP contribution < -0.4 is 0 Å². The Bertz CT molecular complexity index is 198. The standard InChI is InChI=1S/C12H22O2/c1-8(2)10-5-6-11(7-10)12(13)9(3)14-4/h8-11H,5-7H2,1-4H3. The van der Waals surface area contributed by atoms with Gasteiger partial charge in [-0.15, -0.1) is 0 Å². The highest BCUT2D eigenvalue weighted by molar-refractivity contribution is 5.85. The van der Waals surface area contributed by atoms with Crippen molar-refractivity contribution in [1.29, 1.82) is 0 Å². The monoisotopic (exact) mass is 198 g/mol. The Morgan fingerprint density at radius 3 is 2.36 bits per heavy atom. The van der Waals surface area contributed by atoms with Crippen LogP contribution in [0.15, 0.2) is 0 Å². The zero-order valence-corrected chi connectivity index (χ0v) is 9.75. The van der Waals surface area contributed by atoms with Crippen molar-refractivity contribution in [3.8, 4) is 0 Å². The molecule has 0 aromatic rings. The van der Waals surface area contributed by atoms with E-state index in [0.717, 1.165) is 18.8 Å². The van der Waals surface area contributed by atoms with Crippen LogP contribution in [-0.2, 0) is 9.53 Å². The molecule has 1 rings (SSSR count). The SMILES string of the molecule is COC(C)C(=O)C1CCC(C(C)C)C1. The summed E-state index contributed by atoms with van der Waals surface area (Å²) >= 11 is 0. The van der Waals surface area contributed by atoms with E-state index in [4.69, 9.17) is 4.74 Å². The van der Waals surface area contributed by atoms with Gasteiger partial charge in [0.05, 0.1) is 0 Å². The Labute approximate surface area is 87.0 Å². The summed E-state index contributed by atoms with van der Waals surface area (Å²) in [6.07, 6.45) is 3.13. The van der Waals surface area contributed by atoms with Crippen LogP contribution in [-0.4, -0.2) is 19.0 Å². The van der Waals surface area contributed by atoms with E-state index in [0.29, 0.717) is 11.7 Å². The van der Waals surface area contributed by atoms with E-state index in [1.54, 1.807) is 7.11 Å². The number of methoxy groups -OCH3 is 1. The zero-order chi connectivity index (χ0) is 10.7. The summed E-state index contributed by atoms with van der Waals surface area (Å²) in [7, 11) is 1.61. The van der Waals surface area contributed by atoms with Gasteiger partial charge in [-0.1, -0.05) is 13.8 Å². The molecule has 1 aliphatic carbocycles. The quantitative estimate of drug-likeness (QED) is 0.694. The Morgan fingerprint density at radius 2 is 1.93 bits per heavy atom. The third-order valence-electron chi connectivity index (χ3n) is 3.57. The van der Waals surface area contributed by atoms with Gasteiger partial charge >= 0.3 is 0 Å². The number of carbonyl (C=O) groups excluding carboxylic acids is 1. The largest absolute Gasteiger partial charge is 0.374 e. The molecule has 1 aliphatic rings. The third-order valence-corrected chi connectivity index (χ3v) is 3.57. The molecule has 1 saturated carbocycles. The molecule has 0 aromatic heterocycles. The van der Waals surface area contributed by atoms with Gasteiger partial charge in [-0.3, -0.25) is 4.79 Å². The molecule has 0 spiro atoms. The van der Waals surface area contributed by atoms with Gasteiger partial charge in [0.1, 0.15) is 6.10 Å². The highest BCUT2D eigenvalue weighted by Crippen LogP contribution is 2.36. The molecule has 1 fully saturated rings. The molecular weight excluding hydrogens is 176 g/mol. The molecule has 0 bridgehead atoms. The molecule has 0 aromatic carbocycles. The van der Waals surface area contributed by atoms with E-state index in [9.17, 15) is 4.79 Å². The van der Waals surface area contributed by atoms with Gasteiger partial charge in [-0.2, -0.15) is 0 Å². The number of ketones is 1. The molecule has 0 amide bonds. The fourth-order valence-electron chi connectivity index (χ4n) is 2.33. The Kier molecular flexibility index (Phi) is 4.11. The average Bonchev–Trinajstić information content (AvgIpc) is 2.64. The van der Waals surface area contributed by atoms with Crippen LogP contribution in [0.1, 0.15) is 40.0 Å². The lowest BCUT2D eigenvalue weighted by Crippen LogP contribution is -2.26. The fraction of sp³-hybridized carbons (Fsp3) is 0.917. The van der Waals surface area contributed by atoms with Crippen LogP contribution in [0.25, 0.3) is 0 Å². The van der Waals surface area contributed by atoms with Crippen LogP contribution in [0.4, 0.5) is 0 Å². The number of ether oxygens (including phenoxy) is 1. The molecule has 3 unspecified atom stereocenters. The molecule has 0 aliphatic heterocycles. The summed E-state index contributed by atoms with van der Waals surface area (Å²) in [6, 6.07) is 0. The van der Waals surface area contributed by atoms with E-state index in [1.807, 2.05) is 6.92 Å². The summed E-state index contributed by atoms with van der Waals surface area (Å²) < 4.78 is 5.07. The minimum absolute atomic E-state index is 0.217. The van der Waals surface area contributed by atoms with Gasteiger partial charge in [-0.05, 0) is 38.0 Å². The van der Waals surface area contributed by atoms with Crippen molar-refractivity contribution in [1.82, 2.24) is 0 Å². The smallest absolute Gasteiger partial charge is 0.164 e. The molecule has 0 radical (unpaired) electrons. The summed E-state index contributed by atoms with van der Waals surface area (Å²) in [5.41, 5.74) is 0.